The maximum atomic E-state index is 10.7. The minimum absolute atomic E-state index is 0.0690. The third-order valence-electron chi connectivity index (χ3n) is 6.30. The number of ether oxygens (including phenoxy) is 3. The molecule has 0 aromatic rings. The zero-order valence-electron chi connectivity index (χ0n) is 21.5. The molecule has 2 atom stereocenters. The molecule has 0 aromatic heterocycles. The summed E-state index contributed by atoms with van der Waals surface area (Å²) in [4.78, 5) is 10.7. The largest absolute Gasteiger partial charge is 0.481 e. The number of aliphatic carboxylic acids is 1. The number of carboxylic acids is 1. The van der Waals surface area contributed by atoms with Gasteiger partial charge in [-0.15, -0.1) is 0 Å². The molecule has 0 spiro atoms. The number of carboxylic acid groups (broad SMARTS) is 1. The zero-order valence-corrected chi connectivity index (χ0v) is 21.5. The van der Waals surface area contributed by atoms with Gasteiger partial charge in [0.15, 0.2) is 0 Å². The number of carbonyl (C=O) groups is 1. The van der Waals surface area contributed by atoms with E-state index in [0.29, 0.717) is 13.2 Å². The van der Waals surface area contributed by atoms with Crippen LogP contribution >= 0.6 is 0 Å². The Hall–Kier alpha value is -0.690. The summed E-state index contributed by atoms with van der Waals surface area (Å²) in [5.74, 6) is -0.781. The first kappa shape index (κ1) is 29.3. The molecule has 0 bridgehead atoms. The second-order valence-corrected chi connectivity index (χ2v) is 11.1. The molecule has 0 saturated carbocycles. The van der Waals surface area contributed by atoms with E-state index in [9.17, 15) is 4.79 Å². The zero-order chi connectivity index (χ0) is 23.8. The van der Waals surface area contributed by atoms with Crippen LogP contribution in [0.15, 0.2) is 0 Å². The van der Waals surface area contributed by atoms with E-state index in [1.807, 2.05) is 0 Å². The molecule has 6 heteroatoms. The first-order valence-corrected chi connectivity index (χ1v) is 11.3. The predicted molar refractivity (Wildman–Crippen MR) is 123 cm³/mol. The summed E-state index contributed by atoms with van der Waals surface area (Å²) in [6.45, 7) is 22.4. The van der Waals surface area contributed by atoms with Gasteiger partial charge in [-0.25, -0.2) is 0 Å². The molecule has 0 radical (unpaired) electrons. The van der Waals surface area contributed by atoms with E-state index >= 15 is 0 Å². The average molecular weight is 432 g/mol. The quantitative estimate of drug-likeness (QED) is 0.356. The summed E-state index contributed by atoms with van der Waals surface area (Å²) in [7, 11) is 1.73. The minimum atomic E-state index is -0.781. The van der Waals surface area contributed by atoms with Crippen molar-refractivity contribution in [1.29, 1.82) is 0 Å². The summed E-state index contributed by atoms with van der Waals surface area (Å²) in [6, 6.07) is 0.184. The van der Waals surface area contributed by atoms with Crippen molar-refractivity contribution >= 4 is 5.97 Å². The number of hydrogen-bond donors (Lipinski definition) is 2. The Balaban J connectivity index is 4.68. The normalized spacial score (nSPS) is 15.8. The lowest BCUT2D eigenvalue weighted by molar-refractivity contribution is -0.143. The van der Waals surface area contributed by atoms with Crippen LogP contribution in [0.1, 0.15) is 94.9 Å². The highest BCUT2D eigenvalue weighted by molar-refractivity contribution is 5.66. The van der Waals surface area contributed by atoms with E-state index in [1.54, 1.807) is 7.11 Å². The number of rotatable bonds is 16. The van der Waals surface area contributed by atoms with Crippen LogP contribution < -0.4 is 5.32 Å². The molecule has 2 unspecified atom stereocenters. The standard InChI is InChI=1S/C24H49NO5/c1-18(25-14-12-20(26)27)16-23(7,8)30-19(2)17-21(3,4)24(9,10)29-15-13-22(5,6)28-11/h18-19,25H,12-17H2,1-11H3,(H,26,27). The van der Waals surface area contributed by atoms with Gasteiger partial charge in [0.1, 0.15) is 0 Å². The van der Waals surface area contributed by atoms with E-state index in [1.165, 1.54) is 0 Å². The second-order valence-electron chi connectivity index (χ2n) is 11.1. The summed E-state index contributed by atoms with van der Waals surface area (Å²) in [6.07, 6.45) is 2.72. The smallest absolute Gasteiger partial charge is 0.304 e. The fourth-order valence-electron chi connectivity index (χ4n) is 3.68. The summed E-state index contributed by atoms with van der Waals surface area (Å²) in [5, 5.41) is 12.0. The Kier molecular flexibility index (Phi) is 11.5. The second kappa shape index (κ2) is 11.8. The molecule has 0 heterocycles. The molecule has 0 rings (SSSR count). The number of hydrogen-bond acceptors (Lipinski definition) is 5. The van der Waals surface area contributed by atoms with Gasteiger partial charge in [-0.2, -0.15) is 0 Å². The van der Waals surface area contributed by atoms with Gasteiger partial charge in [0.2, 0.25) is 0 Å². The Morgan fingerprint density at radius 2 is 1.53 bits per heavy atom. The molecule has 0 aromatic carbocycles. The highest BCUT2D eigenvalue weighted by Gasteiger charge is 2.40. The van der Waals surface area contributed by atoms with Crippen LogP contribution in [0.3, 0.4) is 0 Å². The summed E-state index contributed by atoms with van der Waals surface area (Å²) in [5.41, 5.74) is -0.871. The van der Waals surface area contributed by atoms with Gasteiger partial charge in [0.05, 0.1) is 35.9 Å². The van der Waals surface area contributed by atoms with Crippen LogP contribution in [0, 0.1) is 5.41 Å². The van der Waals surface area contributed by atoms with Crippen LogP contribution in [0.2, 0.25) is 0 Å². The molecule has 30 heavy (non-hydrogen) atoms. The minimum Gasteiger partial charge on any atom is -0.481 e. The molecule has 0 aliphatic rings. The SMILES string of the molecule is COC(C)(C)CCOC(C)(C)C(C)(C)CC(C)OC(C)(C)CC(C)NCCC(=O)O. The molecular formula is C24H49NO5. The van der Waals surface area contributed by atoms with Crippen molar-refractivity contribution in [3.8, 4) is 0 Å². The Labute approximate surface area is 185 Å². The van der Waals surface area contributed by atoms with E-state index in [2.05, 4.69) is 74.6 Å². The first-order chi connectivity index (χ1) is 13.4. The summed E-state index contributed by atoms with van der Waals surface area (Å²) >= 11 is 0. The Bertz CT molecular complexity index is 514. The molecular weight excluding hydrogens is 382 g/mol. The third kappa shape index (κ3) is 11.6. The fraction of sp³-hybridized carbons (Fsp3) is 0.958. The van der Waals surface area contributed by atoms with Gasteiger partial charge in [0, 0.05) is 19.7 Å². The van der Waals surface area contributed by atoms with Gasteiger partial charge in [0.25, 0.3) is 0 Å². The van der Waals surface area contributed by atoms with Gasteiger partial charge in [-0.3, -0.25) is 4.79 Å². The molecule has 180 valence electrons. The van der Waals surface area contributed by atoms with Gasteiger partial charge < -0.3 is 24.6 Å². The molecule has 0 fully saturated rings. The topological polar surface area (TPSA) is 77.0 Å². The van der Waals surface area contributed by atoms with Crippen molar-refractivity contribution in [2.45, 2.75) is 124 Å². The van der Waals surface area contributed by atoms with E-state index in [0.717, 1.165) is 19.3 Å². The lowest BCUT2D eigenvalue weighted by Gasteiger charge is -2.44. The lowest BCUT2D eigenvalue weighted by atomic mass is 9.73. The van der Waals surface area contributed by atoms with E-state index < -0.39 is 5.97 Å². The molecule has 6 nitrogen and oxygen atoms in total. The van der Waals surface area contributed by atoms with Crippen molar-refractivity contribution in [3.05, 3.63) is 0 Å². The van der Waals surface area contributed by atoms with Crippen molar-refractivity contribution < 1.29 is 24.1 Å². The lowest BCUT2D eigenvalue weighted by Crippen LogP contribution is -2.46. The van der Waals surface area contributed by atoms with Crippen LogP contribution in [0.25, 0.3) is 0 Å². The number of nitrogens with one attached hydrogen (secondary N) is 1. The van der Waals surface area contributed by atoms with Crippen molar-refractivity contribution in [2.75, 3.05) is 20.3 Å². The van der Waals surface area contributed by atoms with Gasteiger partial charge >= 0.3 is 5.97 Å². The fourth-order valence-corrected chi connectivity index (χ4v) is 3.68. The molecule has 0 saturated heterocycles. The monoisotopic (exact) mass is 431 g/mol. The highest BCUT2D eigenvalue weighted by atomic mass is 16.5. The molecule has 0 aliphatic carbocycles. The maximum absolute atomic E-state index is 10.7. The molecule has 2 N–H and O–H groups in total. The van der Waals surface area contributed by atoms with E-state index in [4.69, 9.17) is 19.3 Å². The maximum Gasteiger partial charge on any atom is 0.304 e. The first-order valence-electron chi connectivity index (χ1n) is 11.3. The van der Waals surface area contributed by atoms with Crippen molar-refractivity contribution in [2.24, 2.45) is 5.41 Å². The van der Waals surface area contributed by atoms with Crippen molar-refractivity contribution in [3.63, 3.8) is 0 Å². The van der Waals surface area contributed by atoms with Crippen LogP contribution in [0.4, 0.5) is 0 Å². The predicted octanol–water partition coefficient (Wildman–Crippen LogP) is 5.04. The third-order valence-corrected chi connectivity index (χ3v) is 6.30. The van der Waals surface area contributed by atoms with Crippen LogP contribution in [-0.2, 0) is 19.0 Å². The van der Waals surface area contributed by atoms with Crippen molar-refractivity contribution in [1.82, 2.24) is 5.32 Å². The Morgan fingerprint density at radius 3 is 2.03 bits per heavy atom. The number of methoxy groups -OCH3 is 1. The Morgan fingerprint density at radius 1 is 0.967 bits per heavy atom. The average Bonchev–Trinajstić information content (AvgIpc) is 2.51. The highest BCUT2D eigenvalue weighted by Crippen LogP contribution is 2.39. The molecule has 0 aliphatic heterocycles. The van der Waals surface area contributed by atoms with Gasteiger partial charge in [-0.1, -0.05) is 13.8 Å². The van der Waals surface area contributed by atoms with Gasteiger partial charge in [-0.05, 0) is 80.1 Å². The van der Waals surface area contributed by atoms with Crippen LogP contribution in [0.5, 0.6) is 0 Å². The van der Waals surface area contributed by atoms with E-state index in [-0.39, 0.29) is 40.8 Å². The van der Waals surface area contributed by atoms with Crippen LogP contribution in [-0.4, -0.2) is 60.3 Å². The summed E-state index contributed by atoms with van der Waals surface area (Å²) < 4.78 is 18.2. The molecule has 0 amide bonds.